The molecule has 1 rings (SSSR count). The zero-order valence-corrected chi connectivity index (χ0v) is 7.44. The topological polar surface area (TPSA) is 60.2 Å². The molecule has 1 aliphatic rings. The Balaban J connectivity index is 0.000001000. The van der Waals surface area contributed by atoms with Gasteiger partial charge in [-0.3, -0.25) is 0 Å². The number of primary sulfonamides is 1. The molecule has 0 bridgehead atoms. The minimum absolute atomic E-state index is 0. The minimum Gasteiger partial charge on any atom is -0.228 e. The van der Waals surface area contributed by atoms with Gasteiger partial charge in [0.05, 0.1) is 5.25 Å². The standard InChI is InChI=1S/C6H9NO2S.ClH/c7-10(8,9)6-4-2-1-3-5-6;/h1-4,6H,5H2,(H2,7,8,9);1H. The highest BCUT2D eigenvalue weighted by Gasteiger charge is 2.17. The van der Waals surface area contributed by atoms with Crippen molar-refractivity contribution in [2.45, 2.75) is 11.7 Å². The van der Waals surface area contributed by atoms with E-state index >= 15 is 0 Å². The Morgan fingerprint density at radius 3 is 2.27 bits per heavy atom. The number of sulfonamides is 1. The summed E-state index contributed by atoms with van der Waals surface area (Å²) in [4.78, 5) is 0. The summed E-state index contributed by atoms with van der Waals surface area (Å²) in [6.45, 7) is 0. The summed E-state index contributed by atoms with van der Waals surface area (Å²) >= 11 is 0. The first-order valence-electron chi connectivity index (χ1n) is 2.95. The van der Waals surface area contributed by atoms with E-state index in [2.05, 4.69) is 0 Å². The number of halogens is 1. The van der Waals surface area contributed by atoms with Crippen LogP contribution in [0.3, 0.4) is 0 Å². The van der Waals surface area contributed by atoms with Crippen molar-refractivity contribution in [1.82, 2.24) is 0 Å². The van der Waals surface area contributed by atoms with E-state index in [0.717, 1.165) is 0 Å². The molecule has 1 unspecified atom stereocenters. The molecule has 0 radical (unpaired) electrons. The number of hydrogen-bond acceptors (Lipinski definition) is 2. The Labute approximate surface area is 72.4 Å². The molecule has 0 amide bonds. The first-order valence-corrected chi connectivity index (χ1v) is 4.56. The van der Waals surface area contributed by atoms with Crippen LogP contribution in [0.25, 0.3) is 0 Å². The first-order chi connectivity index (χ1) is 4.61. The highest BCUT2D eigenvalue weighted by molar-refractivity contribution is 7.89. The normalized spacial score (nSPS) is 22.8. The zero-order valence-electron chi connectivity index (χ0n) is 5.80. The van der Waals surface area contributed by atoms with Gasteiger partial charge in [-0.1, -0.05) is 24.3 Å². The fraction of sp³-hybridized carbons (Fsp3) is 0.333. The average Bonchev–Trinajstić information content (AvgIpc) is 1.88. The molecule has 0 spiro atoms. The summed E-state index contributed by atoms with van der Waals surface area (Å²) in [7, 11) is -3.36. The van der Waals surface area contributed by atoms with E-state index in [1.54, 1.807) is 18.2 Å². The van der Waals surface area contributed by atoms with Gasteiger partial charge in [-0.25, -0.2) is 13.6 Å². The predicted octanol–water partition coefficient (Wildman–Crippen LogP) is 0.581. The molecule has 0 aliphatic heterocycles. The lowest BCUT2D eigenvalue weighted by Gasteiger charge is -2.08. The quantitative estimate of drug-likeness (QED) is 0.666. The van der Waals surface area contributed by atoms with Crippen LogP contribution in [-0.2, 0) is 10.0 Å². The van der Waals surface area contributed by atoms with E-state index in [-0.39, 0.29) is 12.4 Å². The van der Waals surface area contributed by atoms with Crippen molar-refractivity contribution in [2.75, 3.05) is 0 Å². The van der Waals surface area contributed by atoms with E-state index < -0.39 is 15.3 Å². The highest BCUT2D eigenvalue weighted by Crippen LogP contribution is 2.09. The first kappa shape index (κ1) is 10.7. The van der Waals surface area contributed by atoms with Crippen LogP contribution >= 0.6 is 12.4 Å². The summed E-state index contributed by atoms with van der Waals surface area (Å²) < 4.78 is 21.4. The van der Waals surface area contributed by atoms with Crippen molar-refractivity contribution in [3.05, 3.63) is 24.3 Å². The molecule has 3 nitrogen and oxygen atoms in total. The van der Waals surface area contributed by atoms with Crippen molar-refractivity contribution in [2.24, 2.45) is 5.14 Å². The predicted molar refractivity (Wildman–Crippen MR) is 47.0 cm³/mol. The van der Waals surface area contributed by atoms with Gasteiger partial charge in [0, 0.05) is 0 Å². The SMILES string of the molecule is Cl.NS(=O)(=O)C1C=CC=CC1. The second-order valence-corrected chi connectivity index (χ2v) is 3.96. The van der Waals surface area contributed by atoms with Crippen LogP contribution in [0.5, 0.6) is 0 Å². The molecular weight excluding hydrogens is 186 g/mol. The molecule has 0 aromatic carbocycles. The molecule has 2 N–H and O–H groups in total. The molecule has 5 heteroatoms. The van der Waals surface area contributed by atoms with E-state index in [4.69, 9.17) is 5.14 Å². The average molecular weight is 196 g/mol. The molecule has 0 aromatic heterocycles. The van der Waals surface area contributed by atoms with Gasteiger partial charge < -0.3 is 0 Å². The van der Waals surface area contributed by atoms with Crippen molar-refractivity contribution in [1.29, 1.82) is 0 Å². The van der Waals surface area contributed by atoms with Gasteiger partial charge in [0.1, 0.15) is 0 Å². The van der Waals surface area contributed by atoms with Gasteiger partial charge in [-0.15, -0.1) is 12.4 Å². The molecule has 0 saturated heterocycles. The fourth-order valence-electron chi connectivity index (χ4n) is 0.802. The number of hydrogen-bond donors (Lipinski definition) is 1. The summed E-state index contributed by atoms with van der Waals surface area (Å²) in [5.74, 6) is 0. The van der Waals surface area contributed by atoms with E-state index in [1.165, 1.54) is 0 Å². The molecule has 0 saturated carbocycles. The van der Waals surface area contributed by atoms with Crippen molar-refractivity contribution >= 4 is 22.4 Å². The number of nitrogens with two attached hydrogens (primary N) is 1. The van der Waals surface area contributed by atoms with Gasteiger partial charge in [-0.05, 0) is 6.42 Å². The third kappa shape index (κ3) is 3.05. The van der Waals surface area contributed by atoms with Crippen molar-refractivity contribution in [3.63, 3.8) is 0 Å². The molecule has 0 aromatic rings. The van der Waals surface area contributed by atoms with Crippen LogP contribution in [0.15, 0.2) is 24.3 Å². The summed E-state index contributed by atoms with van der Waals surface area (Å²) in [6.07, 6.45) is 7.38. The van der Waals surface area contributed by atoms with Crippen LogP contribution in [0.1, 0.15) is 6.42 Å². The smallest absolute Gasteiger partial charge is 0.215 e. The lowest BCUT2D eigenvalue weighted by molar-refractivity contribution is 0.590. The Kier molecular flexibility index (Phi) is 3.78. The maximum atomic E-state index is 10.7. The second-order valence-electron chi connectivity index (χ2n) is 2.18. The zero-order chi connectivity index (χ0) is 7.61. The molecule has 64 valence electrons. The minimum atomic E-state index is -3.36. The molecular formula is C6H10ClNO2S. The van der Waals surface area contributed by atoms with Gasteiger partial charge in [-0.2, -0.15) is 0 Å². The number of allylic oxidation sites excluding steroid dienone is 3. The summed E-state index contributed by atoms with van der Waals surface area (Å²) in [5.41, 5.74) is 0. The Morgan fingerprint density at radius 2 is 2.00 bits per heavy atom. The van der Waals surface area contributed by atoms with Crippen LogP contribution in [0.4, 0.5) is 0 Å². The monoisotopic (exact) mass is 195 g/mol. The second kappa shape index (κ2) is 3.90. The molecule has 11 heavy (non-hydrogen) atoms. The molecule has 0 fully saturated rings. The summed E-state index contributed by atoms with van der Waals surface area (Å²) in [5, 5.41) is 4.38. The Hall–Kier alpha value is -0.320. The van der Waals surface area contributed by atoms with Crippen molar-refractivity contribution in [3.8, 4) is 0 Å². The van der Waals surface area contributed by atoms with Crippen LogP contribution in [0.2, 0.25) is 0 Å². The fourth-order valence-corrected chi connectivity index (χ4v) is 1.49. The van der Waals surface area contributed by atoms with E-state index in [9.17, 15) is 8.42 Å². The lowest BCUT2D eigenvalue weighted by Crippen LogP contribution is -2.26. The van der Waals surface area contributed by atoms with Gasteiger partial charge in [0.15, 0.2) is 0 Å². The molecule has 0 heterocycles. The highest BCUT2D eigenvalue weighted by atomic mass is 35.5. The lowest BCUT2D eigenvalue weighted by atomic mass is 10.2. The van der Waals surface area contributed by atoms with Crippen molar-refractivity contribution < 1.29 is 8.42 Å². The third-order valence-electron chi connectivity index (χ3n) is 1.36. The van der Waals surface area contributed by atoms with Gasteiger partial charge in [0.2, 0.25) is 10.0 Å². The largest absolute Gasteiger partial charge is 0.228 e. The molecule has 1 aliphatic carbocycles. The molecule has 1 atom stereocenters. The van der Waals surface area contributed by atoms with Crippen LogP contribution in [-0.4, -0.2) is 13.7 Å². The summed E-state index contributed by atoms with van der Waals surface area (Å²) in [6, 6.07) is 0. The van der Waals surface area contributed by atoms with Gasteiger partial charge >= 0.3 is 0 Å². The van der Waals surface area contributed by atoms with E-state index in [1.807, 2.05) is 6.08 Å². The van der Waals surface area contributed by atoms with Gasteiger partial charge in [0.25, 0.3) is 0 Å². The maximum Gasteiger partial charge on any atom is 0.215 e. The maximum absolute atomic E-state index is 10.7. The van der Waals surface area contributed by atoms with Crippen LogP contribution < -0.4 is 5.14 Å². The van der Waals surface area contributed by atoms with E-state index in [0.29, 0.717) is 6.42 Å². The van der Waals surface area contributed by atoms with Crippen LogP contribution in [0, 0.1) is 0 Å². The Morgan fingerprint density at radius 1 is 1.36 bits per heavy atom. The number of rotatable bonds is 1. The third-order valence-corrected chi connectivity index (χ3v) is 2.56. The Bertz CT molecular complexity index is 268.